The molecule has 0 fully saturated rings. The van der Waals surface area contributed by atoms with Crippen molar-refractivity contribution in [2.75, 3.05) is 24.7 Å². The molecule has 0 unspecified atom stereocenters. The first-order chi connectivity index (χ1) is 8.18. The molecule has 5 heteroatoms. The minimum absolute atomic E-state index is 0.0935. The second-order valence-electron chi connectivity index (χ2n) is 5.40. The Labute approximate surface area is 110 Å². The topological polar surface area (TPSA) is 58.2 Å². The number of hydrogen-bond donors (Lipinski definition) is 2. The lowest BCUT2D eigenvalue weighted by atomic mass is 10.1. The van der Waals surface area contributed by atoms with Gasteiger partial charge in [0.25, 0.3) is 0 Å². The molecule has 4 nitrogen and oxygen atoms in total. The van der Waals surface area contributed by atoms with Crippen molar-refractivity contribution in [1.82, 2.24) is 5.32 Å². The van der Waals surface area contributed by atoms with Gasteiger partial charge in [0.05, 0.1) is 4.90 Å². The average molecular weight is 270 g/mol. The number of benzene rings is 1. The molecule has 18 heavy (non-hydrogen) atoms. The molecule has 0 saturated carbocycles. The van der Waals surface area contributed by atoms with Gasteiger partial charge in [-0.25, -0.2) is 8.42 Å². The lowest BCUT2D eigenvalue weighted by Crippen LogP contribution is -2.38. The van der Waals surface area contributed by atoms with E-state index in [0.29, 0.717) is 4.90 Å². The zero-order chi connectivity index (χ0) is 13.8. The molecule has 1 aromatic rings. The van der Waals surface area contributed by atoms with E-state index in [1.54, 1.807) is 18.2 Å². The Bertz CT molecular complexity index is 490. The third-order valence-electron chi connectivity index (χ3n) is 2.37. The van der Waals surface area contributed by atoms with Gasteiger partial charge in [-0.2, -0.15) is 0 Å². The van der Waals surface area contributed by atoms with Crippen LogP contribution in [-0.2, 0) is 9.84 Å². The maximum atomic E-state index is 11.4. The summed E-state index contributed by atoms with van der Waals surface area (Å²) in [6.07, 6.45) is 1.22. The van der Waals surface area contributed by atoms with Crippen LogP contribution in [0, 0.1) is 0 Å². The molecule has 0 aliphatic heterocycles. The molecule has 0 aromatic heterocycles. The van der Waals surface area contributed by atoms with Crippen molar-refractivity contribution < 1.29 is 8.42 Å². The average Bonchev–Trinajstić information content (AvgIpc) is 2.22. The number of hydrogen-bond acceptors (Lipinski definition) is 4. The first kappa shape index (κ1) is 15.0. The zero-order valence-electron chi connectivity index (χ0n) is 11.4. The van der Waals surface area contributed by atoms with Crippen LogP contribution in [0.1, 0.15) is 20.8 Å². The van der Waals surface area contributed by atoms with Crippen molar-refractivity contribution in [2.45, 2.75) is 31.2 Å². The van der Waals surface area contributed by atoms with Gasteiger partial charge in [0.2, 0.25) is 0 Å². The number of sulfone groups is 1. The molecule has 0 radical (unpaired) electrons. The van der Waals surface area contributed by atoms with Gasteiger partial charge >= 0.3 is 0 Å². The predicted octanol–water partition coefficient (Wildman–Crippen LogP) is 1.89. The van der Waals surface area contributed by atoms with Crippen LogP contribution in [0.25, 0.3) is 0 Å². The highest BCUT2D eigenvalue weighted by molar-refractivity contribution is 7.90. The molecule has 0 heterocycles. The molecule has 102 valence electrons. The number of nitrogens with one attached hydrogen (secondary N) is 2. The van der Waals surface area contributed by atoms with Gasteiger partial charge in [-0.1, -0.05) is 6.07 Å². The monoisotopic (exact) mass is 270 g/mol. The molecule has 1 aromatic carbocycles. The summed E-state index contributed by atoms with van der Waals surface area (Å²) in [5.74, 6) is 0. The highest BCUT2D eigenvalue weighted by atomic mass is 32.2. The quantitative estimate of drug-likeness (QED) is 0.802. The van der Waals surface area contributed by atoms with Gasteiger partial charge in [-0.3, -0.25) is 0 Å². The van der Waals surface area contributed by atoms with E-state index in [0.717, 1.165) is 18.8 Å². The van der Waals surface area contributed by atoms with Crippen LogP contribution in [0.5, 0.6) is 0 Å². The van der Waals surface area contributed by atoms with Gasteiger partial charge < -0.3 is 10.6 Å². The zero-order valence-corrected chi connectivity index (χ0v) is 12.3. The fourth-order valence-corrected chi connectivity index (χ4v) is 2.15. The van der Waals surface area contributed by atoms with Crippen molar-refractivity contribution in [1.29, 1.82) is 0 Å². The Hall–Kier alpha value is -1.07. The molecular formula is C13H22N2O2S. The van der Waals surface area contributed by atoms with E-state index in [1.807, 2.05) is 6.07 Å². The van der Waals surface area contributed by atoms with Gasteiger partial charge in [-0.05, 0) is 39.0 Å². The summed E-state index contributed by atoms with van der Waals surface area (Å²) in [6.45, 7) is 7.91. The molecule has 0 bridgehead atoms. The van der Waals surface area contributed by atoms with Crippen molar-refractivity contribution in [3.8, 4) is 0 Å². The molecule has 0 aliphatic carbocycles. The van der Waals surface area contributed by atoms with Gasteiger partial charge in [0, 0.05) is 30.6 Å². The minimum atomic E-state index is -3.13. The van der Waals surface area contributed by atoms with Crippen LogP contribution >= 0.6 is 0 Å². The number of anilines is 1. The van der Waals surface area contributed by atoms with Crippen molar-refractivity contribution in [2.24, 2.45) is 0 Å². The summed E-state index contributed by atoms with van der Waals surface area (Å²) >= 11 is 0. The van der Waals surface area contributed by atoms with Crippen LogP contribution in [-0.4, -0.2) is 33.3 Å². The summed E-state index contributed by atoms with van der Waals surface area (Å²) in [5, 5.41) is 6.56. The Morgan fingerprint density at radius 3 is 2.39 bits per heavy atom. The smallest absolute Gasteiger partial charge is 0.175 e. The first-order valence-corrected chi connectivity index (χ1v) is 7.87. The minimum Gasteiger partial charge on any atom is -0.384 e. The SMILES string of the molecule is CC(C)(C)NCCNc1cccc(S(C)(=O)=O)c1. The molecule has 1 rings (SSSR count). The summed E-state index contributed by atoms with van der Waals surface area (Å²) in [7, 11) is -3.13. The van der Waals surface area contributed by atoms with Crippen molar-refractivity contribution >= 4 is 15.5 Å². The van der Waals surface area contributed by atoms with Crippen LogP contribution < -0.4 is 10.6 Å². The summed E-state index contributed by atoms with van der Waals surface area (Å²) in [4.78, 5) is 0.344. The van der Waals surface area contributed by atoms with Crippen molar-refractivity contribution in [3.63, 3.8) is 0 Å². The van der Waals surface area contributed by atoms with Crippen LogP contribution in [0.2, 0.25) is 0 Å². The standard InChI is InChI=1S/C13H22N2O2S/c1-13(2,3)15-9-8-14-11-6-5-7-12(10-11)18(4,16)17/h5-7,10,14-15H,8-9H2,1-4H3. The van der Waals surface area contributed by atoms with Gasteiger partial charge in [-0.15, -0.1) is 0 Å². The van der Waals surface area contributed by atoms with E-state index in [-0.39, 0.29) is 5.54 Å². The fourth-order valence-electron chi connectivity index (χ4n) is 1.48. The fraction of sp³-hybridized carbons (Fsp3) is 0.538. The molecule has 0 amide bonds. The van der Waals surface area contributed by atoms with Crippen molar-refractivity contribution in [3.05, 3.63) is 24.3 Å². The third kappa shape index (κ3) is 5.51. The van der Waals surface area contributed by atoms with E-state index in [4.69, 9.17) is 0 Å². The predicted molar refractivity (Wildman–Crippen MR) is 75.8 cm³/mol. The van der Waals surface area contributed by atoms with Crippen LogP contribution in [0.15, 0.2) is 29.2 Å². The van der Waals surface area contributed by atoms with Crippen LogP contribution in [0.3, 0.4) is 0 Å². The summed E-state index contributed by atoms with van der Waals surface area (Å²) in [5.41, 5.74) is 0.921. The number of rotatable bonds is 5. The van der Waals surface area contributed by atoms with Gasteiger partial charge in [0.1, 0.15) is 0 Å². The lowest BCUT2D eigenvalue weighted by molar-refractivity contribution is 0.435. The largest absolute Gasteiger partial charge is 0.384 e. The molecule has 0 spiro atoms. The Balaban J connectivity index is 2.54. The molecular weight excluding hydrogens is 248 g/mol. The molecule has 0 aliphatic rings. The van der Waals surface area contributed by atoms with E-state index in [2.05, 4.69) is 31.4 Å². The maximum absolute atomic E-state index is 11.4. The molecule has 0 saturated heterocycles. The Morgan fingerprint density at radius 2 is 1.83 bits per heavy atom. The lowest BCUT2D eigenvalue weighted by Gasteiger charge is -2.20. The third-order valence-corrected chi connectivity index (χ3v) is 3.48. The first-order valence-electron chi connectivity index (χ1n) is 5.97. The summed E-state index contributed by atoms with van der Waals surface area (Å²) in [6, 6.07) is 6.88. The van der Waals surface area contributed by atoms with E-state index in [9.17, 15) is 8.42 Å². The maximum Gasteiger partial charge on any atom is 0.175 e. The van der Waals surface area contributed by atoms with Crippen LogP contribution in [0.4, 0.5) is 5.69 Å². The molecule has 2 N–H and O–H groups in total. The normalized spacial score (nSPS) is 12.4. The summed E-state index contributed by atoms with van der Waals surface area (Å²) < 4.78 is 22.8. The molecule has 0 atom stereocenters. The highest BCUT2D eigenvalue weighted by Gasteiger charge is 2.08. The highest BCUT2D eigenvalue weighted by Crippen LogP contribution is 2.14. The van der Waals surface area contributed by atoms with E-state index >= 15 is 0 Å². The second-order valence-corrected chi connectivity index (χ2v) is 7.42. The Kier molecular flexibility index (Phi) is 4.76. The van der Waals surface area contributed by atoms with E-state index < -0.39 is 9.84 Å². The second kappa shape index (κ2) is 5.71. The van der Waals surface area contributed by atoms with E-state index in [1.165, 1.54) is 6.26 Å². The van der Waals surface area contributed by atoms with Gasteiger partial charge in [0.15, 0.2) is 9.84 Å². The Morgan fingerprint density at radius 1 is 1.17 bits per heavy atom.